The lowest BCUT2D eigenvalue weighted by Gasteiger charge is -2.49. The Morgan fingerprint density at radius 2 is 1.91 bits per heavy atom. The van der Waals surface area contributed by atoms with Crippen molar-refractivity contribution < 1.29 is 14.6 Å². The molecule has 2 atom stereocenters. The minimum absolute atomic E-state index is 0.161. The fourth-order valence-corrected chi connectivity index (χ4v) is 5.44. The summed E-state index contributed by atoms with van der Waals surface area (Å²) in [4.78, 5) is 5.19. The second-order valence-electron chi connectivity index (χ2n) is 8.93. The Hall–Kier alpha value is -1.95. The van der Waals surface area contributed by atoms with Gasteiger partial charge in [-0.15, -0.1) is 0 Å². The van der Waals surface area contributed by atoms with Crippen molar-refractivity contribution >= 4 is 17.3 Å². The van der Waals surface area contributed by atoms with Crippen molar-refractivity contribution in [1.82, 2.24) is 4.90 Å². The number of ether oxygens (including phenoxy) is 2. The molecule has 2 aromatic carbocycles. The molecule has 0 aliphatic carbocycles. The van der Waals surface area contributed by atoms with Crippen LogP contribution in [0.2, 0.25) is 5.02 Å². The highest BCUT2D eigenvalue weighted by Gasteiger charge is 2.36. The van der Waals surface area contributed by atoms with E-state index in [1.807, 2.05) is 6.07 Å². The predicted octanol–water partition coefficient (Wildman–Crippen LogP) is 5.14. The van der Waals surface area contributed by atoms with E-state index < -0.39 is 0 Å². The van der Waals surface area contributed by atoms with Crippen LogP contribution < -0.4 is 14.4 Å². The number of rotatable bonds is 7. The van der Waals surface area contributed by atoms with Crippen molar-refractivity contribution in [2.75, 3.05) is 44.9 Å². The molecule has 6 heteroatoms. The van der Waals surface area contributed by atoms with E-state index in [0.717, 1.165) is 31.1 Å². The number of hydrogen-bond acceptors (Lipinski definition) is 5. The number of piperazine rings is 1. The summed E-state index contributed by atoms with van der Waals surface area (Å²) in [5.41, 5.74) is 5.17. The first-order valence-electron chi connectivity index (χ1n) is 11.7. The quantitative estimate of drug-likeness (QED) is 0.582. The predicted molar refractivity (Wildman–Crippen MR) is 130 cm³/mol. The zero-order valence-electron chi connectivity index (χ0n) is 19.4. The lowest BCUT2D eigenvalue weighted by molar-refractivity contribution is 0.0712. The molecule has 5 nitrogen and oxygen atoms in total. The highest BCUT2D eigenvalue weighted by molar-refractivity contribution is 6.32. The highest BCUT2D eigenvalue weighted by atomic mass is 35.5. The fourth-order valence-electron chi connectivity index (χ4n) is 5.24. The van der Waals surface area contributed by atoms with Gasteiger partial charge in [0.2, 0.25) is 0 Å². The summed E-state index contributed by atoms with van der Waals surface area (Å²) in [7, 11) is 1.67. The van der Waals surface area contributed by atoms with E-state index in [2.05, 4.69) is 47.9 Å². The summed E-state index contributed by atoms with van der Waals surface area (Å²) in [5, 5.41) is 9.68. The van der Waals surface area contributed by atoms with E-state index in [-0.39, 0.29) is 6.61 Å². The summed E-state index contributed by atoms with van der Waals surface area (Å²) < 4.78 is 11.3. The van der Waals surface area contributed by atoms with Gasteiger partial charge in [-0.3, -0.25) is 4.90 Å². The number of hydrogen-bond donors (Lipinski definition) is 1. The first-order valence-corrected chi connectivity index (χ1v) is 12.1. The molecule has 0 saturated carbocycles. The summed E-state index contributed by atoms with van der Waals surface area (Å²) in [5.74, 6) is 1.68. The van der Waals surface area contributed by atoms with E-state index >= 15 is 0 Å². The fraction of sp³-hybridized carbons (Fsp3) is 0.538. The third-order valence-corrected chi connectivity index (χ3v) is 7.45. The van der Waals surface area contributed by atoms with Gasteiger partial charge in [-0.2, -0.15) is 0 Å². The first-order chi connectivity index (χ1) is 15.5. The van der Waals surface area contributed by atoms with Gasteiger partial charge in [-0.05, 0) is 68.0 Å². The van der Waals surface area contributed by atoms with Crippen molar-refractivity contribution in [3.05, 3.63) is 52.0 Å². The van der Waals surface area contributed by atoms with E-state index in [9.17, 15) is 0 Å². The molecule has 0 bridgehead atoms. The number of methoxy groups -OCH3 is 1. The lowest BCUT2D eigenvalue weighted by atomic mass is 9.86. The van der Waals surface area contributed by atoms with Gasteiger partial charge in [-0.1, -0.05) is 17.7 Å². The second kappa shape index (κ2) is 10.3. The van der Waals surface area contributed by atoms with Gasteiger partial charge in [0.1, 0.15) is 11.5 Å². The van der Waals surface area contributed by atoms with Crippen LogP contribution in [0.1, 0.15) is 48.4 Å². The van der Waals surface area contributed by atoms with Crippen molar-refractivity contribution in [3.8, 4) is 11.5 Å². The number of aliphatic hydroxyl groups excluding tert-OH is 1. The van der Waals surface area contributed by atoms with Gasteiger partial charge in [0.15, 0.2) is 0 Å². The van der Waals surface area contributed by atoms with E-state index in [4.69, 9.17) is 26.2 Å². The molecule has 0 aromatic heterocycles. The van der Waals surface area contributed by atoms with E-state index in [1.54, 1.807) is 7.11 Å². The maximum absolute atomic E-state index is 9.02. The SMILES string of the molecule is COc1cc(N2CCN3C(CCC[C@@H]3c3ccc(OCCCO)c(C)c3C)C2)ccc1Cl. The molecule has 1 N–H and O–H groups in total. The Kier molecular flexibility index (Phi) is 7.49. The molecule has 174 valence electrons. The number of halogens is 1. The maximum Gasteiger partial charge on any atom is 0.139 e. The molecule has 32 heavy (non-hydrogen) atoms. The molecule has 2 heterocycles. The number of fused-ring (bicyclic) bond motifs is 1. The second-order valence-corrected chi connectivity index (χ2v) is 9.34. The standard InChI is InChI=1S/C26H35ClN2O3/c1-18-19(2)25(32-15-5-14-30)11-9-22(18)24-7-4-6-21-17-28(12-13-29(21)24)20-8-10-23(27)26(16-20)31-3/h8-11,16,21,24,30H,4-7,12-15,17H2,1-3H3/t21?,24-/m1/s1. The Labute approximate surface area is 196 Å². The van der Waals surface area contributed by atoms with Gasteiger partial charge >= 0.3 is 0 Å². The van der Waals surface area contributed by atoms with Gasteiger partial charge in [0, 0.05) is 56.5 Å². The van der Waals surface area contributed by atoms with Crippen LogP contribution in [0.4, 0.5) is 5.69 Å². The molecule has 2 aliphatic heterocycles. The van der Waals surface area contributed by atoms with Crippen LogP contribution in [-0.2, 0) is 0 Å². The normalized spacial score (nSPS) is 21.3. The van der Waals surface area contributed by atoms with Crippen LogP contribution in [0, 0.1) is 13.8 Å². The smallest absolute Gasteiger partial charge is 0.139 e. The molecule has 4 rings (SSSR count). The van der Waals surface area contributed by atoms with Gasteiger partial charge < -0.3 is 19.5 Å². The van der Waals surface area contributed by atoms with Crippen LogP contribution in [0.5, 0.6) is 11.5 Å². The largest absolute Gasteiger partial charge is 0.495 e. The Bertz CT molecular complexity index is 936. The molecule has 2 aromatic rings. The lowest BCUT2D eigenvalue weighted by Crippen LogP contribution is -2.56. The number of benzene rings is 2. The number of aliphatic hydroxyl groups is 1. The molecule has 1 unspecified atom stereocenters. The minimum atomic E-state index is 0.161. The first kappa shape index (κ1) is 23.2. The van der Waals surface area contributed by atoms with Crippen molar-refractivity contribution in [1.29, 1.82) is 0 Å². The Balaban J connectivity index is 1.50. The van der Waals surface area contributed by atoms with Crippen molar-refractivity contribution in [3.63, 3.8) is 0 Å². The van der Waals surface area contributed by atoms with Crippen LogP contribution in [0.3, 0.4) is 0 Å². The van der Waals surface area contributed by atoms with Crippen LogP contribution in [-0.4, -0.2) is 56.0 Å². The third kappa shape index (κ3) is 4.70. The average Bonchev–Trinajstić information content (AvgIpc) is 2.82. The number of anilines is 1. The molecular weight excluding hydrogens is 424 g/mol. The van der Waals surface area contributed by atoms with Crippen molar-refractivity contribution in [2.24, 2.45) is 0 Å². The highest BCUT2D eigenvalue weighted by Crippen LogP contribution is 2.40. The summed E-state index contributed by atoms with van der Waals surface area (Å²) in [6, 6.07) is 11.5. The monoisotopic (exact) mass is 458 g/mol. The molecular formula is C26H35ClN2O3. The summed E-state index contributed by atoms with van der Waals surface area (Å²) >= 11 is 6.24. The average molecular weight is 459 g/mol. The van der Waals surface area contributed by atoms with Crippen molar-refractivity contribution in [2.45, 2.75) is 51.6 Å². The van der Waals surface area contributed by atoms with E-state index in [0.29, 0.717) is 30.1 Å². The number of nitrogens with zero attached hydrogens (tertiary/aromatic N) is 2. The molecule has 0 radical (unpaired) electrons. The molecule has 0 spiro atoms. The summed E-state index contributed by atoms with van der Waals surface area (Å²) in [6.07, 6.45) is 4.35. The Morgan fingerprint density at radius 3 is 2.69 bits per heavy atom. The number of piperidine rings is 1. The van der Waals surface area contributed by atoms with Crippen LogP contribution in [0.15, 0.2) is 30.3 Å². The molecule has 2 aliphatic rings. The molecule has 0 amide bonds. The zero-order valence-corrected chi connectivity index (χ0v) is 20.2. The molecule has 2 saturated heterocycles. The van der Waals surface area contributed by atoms with Gasteiger partial charge in [0.25, 0.3) is 0 Å². The molecule has 2 fully saturated rings. The van der Waals surface area contributed by atoms with E-state index in [1.165, 1.54) is 41.6 Å². The van der Waals surface area contributed by atoms with Crippen LogP contribution >= 0.6 is 11.6 Å². The summed E-state index contributed by atoms with van der Waals surface area (Å²) in [6.45, 7) is 8.17. The minimum Gasteiger partial charge on any atom is -0.495 e. The third-order valence-electron chi connectivity index (χ3n) is 7.14. The van der Waals surface area contributed by atoms with Gasteiger partial charge in [-0.25, -0.2) is 0 Å². The topological polar surface area (TPSA) is 45.2 Å². The Morgan fingerprint density at radius 1 is 1.06 bits per heavy atom. The maximum atomic E-state index is 9.02. The van der Waals surface area contributed by atoms with Crippen LogP contribution in [0.25, 0.3) is 0 Å². The zero-order chi connectivity index (χ0) is 22.7. The van der Waals surface area contributed by atoms with Gasteiger partial charge in [0.05, 0.1) is 18.7 Å².